The van der Waals surface area contributed by atoms with Crippen LogP contribution < -0.4 is 5.73 Å². The normalized spacial score (nSPS) is 10.9. The van der Waals surface area contributed by atoms with Gasteiger partial charge in [0.1, 0.15) is 0 Å². The number of anilines is 1. The number of halogens is 1. The molecule has 0 amide bonds. The van der Waals surface area contributed by atoms with Crippen molar-refractivity contribution in [3.63, 3.8) is 0 Å². The summed E-state index contributed by atoms with van der Waals surface area (Å²) in [6.07, 6.45) is 0. The Labute approximate surface area is 125 Å². The van der Waals surface area contributed by atoms with Crippen LogP contribution in [0.15, 0.2) is 28.8 Å². The van der Waals surface area contributed by atoms with Crippen LogP contribution >= 0.6 is 22.9 Å². The van der Waals surface area contributed by atoms with Crippen molar-refractivity contribution in [1.82, 2.24) is 10.1 Å². The van der Waals surface area contributed by atoms with Crippen LogP contribution in [0.1, 0.15) is 10.4 Å². The van der Waals surface area contributed by atoms with E-state index in [1.807, 2.05) is 32.0 Å². The number of rotatable bonds is 2. The Hall–Kier alpha value is -1.85. The van der Waals surface area contributed by atoms with Gasteiger partial charge in [-0.3, -0.25) is 0 Å². The lowest BCUT2D eigenvalue weighted by atomic mass is 10.1. The first-order valence-corrected chi connectivity index (χ1v) is 7.22. The second-order valence-electron chi connectivity index (χ2n) is 4.43. The minimum atomic E-state index is 0.430. The zero-order valence-electron chi connectivity index (χ0n) is 11.0. The molecular weight excluding hydrogens is 294 g/mol. The predicted octanol–water partition coefficient (Wildman–Crippen LogP) is 4.32. The molecule has 0 bridgehead atoms. The van der Waals surface area contributed by atoms with E-state index in [4.69, 9.17) is 21.9 Å². The van der Waals surface area contributed by atoms with Crippen molar-refractivity contribution in [3.8, 4) is 22.8 Å². The molecule has 0 fully saturated rings. The third kappa shape index (κ3) is 2.09. The van der Waals surface area contributed by atoms with Gasteiger partial charge in [-0.05, 0) is 31.5 Å². The standard InChI is InChI=1S/C14H12ClN3OS/c1-7-8(2)20-12(16)11(7)14-17-13(18-19-14)9-5-3-4-6-10(9)15/h3-6H,16H2,1-2H3. The molecule has 0 aliphatic carbocycles. The Morgan fingerprint density at radius 2 is 2.00 bits per heavy atom. The molecule has 1 aromatic carbocycles. The van der Waals surface area contributed by atoms with Gasteiger partial charge in [0, 0.05) is 10.4 Å². The molecule has 3 aromatic rings. The fourth-order valence-electron chi connectivity index (χ4n) is 2.00. The lowest BCUT2D eigenvalue weighted by Crippen LogP contribution is -1.87. The van der Waals surface area contributed by atoms with E-state index in [9.17, 15) is 0 Å². The summed E-state index contributed by atoms with van der Waals surface area (Å²) in [6, 6.07) is 7.39. The number of aromatic nitrogens is 2. The van der Waals surface area contributed by atoms with Crippen molar-refractivity contribution in [2.75, 3.05) is 5.73 Å². The smallest absolute Gasteiger partial charge is 0.261 e. The second kappa shape index (κ2) is 4.92. The summed E-state index contributed by atoms with van der Waals surface area (Å²) in [4.78, 5) is 5.56. The van der Waals surface area contributed by atoms with Gasteiger partial charge in [-0.25, -0.2) is 0 Å². The number of aryl methyl sites for hydroxylation is 1. The Kier molecular flexibility index (Phi) is 3.23. The summed E-state index contributed by atoms with van der Waals surface area (Å²) >= 11 is 7.66. The highest BCUT2D eigenvalue weighted by Crippen LogP contribution is 2.38. The molecule has 2 aromatic heterocycles. The molecule has 102 valence electrons. The van der Waals surface area contributed by atoms with E-state index in [0.717, 1.165) is 21.6 Å². The number of benzene rings is 1. The van der Waals surface area contributed by atoms with Crippen LogP contribution in [0.2, 0.25) is 5.02 Å². The monoisotopic (exact) mass is 305 g/mol. The predicted molar refractivity (Wildman–Crippen MR) is 81.9 cm³/mol. The first-order valence-electron chi connectivity index (χ1n) is 6.02. The Morgan fingerprint density at radius 3 is 2.65 bits per heavy atom. The third-order valence-electron chi connectivity index (χ3n) is 3.17. The van der Waals surface area contributed by atoms with Crippen LogP contribution in [0, 0.1) is 13.8 Å². The maximum Gasteiger partial charge on any atom is 0.261 e. The molecule has 4 nitrogen and oxygen atoms in total. The highest BCUT2D eigenvalue weighted by Gasteiger charge is 2.19. The number of thiophene rings is 1. The fraction of sp³-hybridized carbons (Fsp3) is 0.143. The first-order chi connectivity index (χ1) is 9.58. The molecule has 0 saturated carbocycles. The molecule has 0 spiro atoms. The Balaban J connectivity index is 2.09. The lowest BCUT2D eigenvalue weighted by Gasteiger charge is -1.96. The van der Waals surface area contributed by atoms with E-state index in [1.54, 1.807) is 6.07 Å². The molecular formula is C14H12ClN3OS. The molecule has 0 aliphatic heterocycles. The van der Waals surface area contributed by atoms with Crippen LogP contribution in [0.25, 0.3) is 22.8 Å². The molecule has 0 saturated heterocycles. The van der Waals surface area contributed by atoms with Gasteiger partial charge in [0.2, 0.25) is 5.82 Å². The van der Waals surface area contributed by atoms with E-state index in [0.29, 0.717) is 21.7 Å². The fourth-order valence-corrected chi connectivity index (χ4v) is 3.14. The van der Waals surface area contributed by atoms with Crippen LogP contribution in [0.3, 0.4) is 0 Å². The maximum absolute atomic E-state index is 6.14. The molecule has 6 heteroatoms. The van der Waals surface area contributed by atoms with Crippen molar-refractivity contribution in [1.29, 1.82) is 0 Å². The number of nitrogen functional groups attached to an aromatic ring is 1. The van der Waals surface area contributed by atoms with E-state index in [1.165, 1.54) is 11.3 Å². The Morgan fingerprint density at radius 1 is 1.25 bits per heavy atom. The number of hydrogen-bond acceptors (Lipinski definition) is 5. The molecule has 0 atom stereocenters. The van der Waals surface area contributed by atoms with Gasteiger partial charge >= 0.3 is 0 Å². The Bertz CT molecular complexity index is 779. The molecule has 0 aliphatic rings. The van der Waals surface area contributed by atoms with Crippen LogP contribution in [0.5, 0.6) is 0 Å². The second-order valence-corrected chi connectivity index (χ2v) is 6.09. The summed E-state index contributed by atoms with van der Waals surface area (Å²) in [5, 5.41) is 5.27. The quantitative estimate of drug-likeness (QED) is 0.766. The average Bonchev–Trinajstić information content (AvgIpc) is 2.96. The zero-order chi connectivity index (χ0) is 14.3. The van der Waals surface area contributed by atoms with E-state index >= 15 is 0 Å². The minimum absolute atomic E-state index is 0.430. The van der Waals surface area contributed by atoms with E-state index < -0.39 is 0 Å². The number of hydrogen-bond donors (Lipinski definition) is 1. The van der Waals surface area contributed by atoms with Crippen LogP contribution in [-0.4, -0.2) is 10.1 Å². The van der Waals surface area contributed by atoms with Crippen LogP contribution in [0.4, 0.5) is 5.00 Å². The van der Waals surface area contributed by atoms with Gasteiger partial charge in [-0.2, -0.15) is 4.98 Å². The van der Waals surface area contributed by atoms with Gasteiger partial charge in [0.15, 0.2) is 0 Å². The van der Waals surface area contributed by atoms with Gasteiger partial charge in [-0.15, -0.1) is 11.3 Å². The van der Waals surface area contributed by atoms with Crippen LogP contribution in [-0.2, 0) is 0 Å². The lowest BCUT2D eigenvalue weighted by molar-refractivity contribution is 0.432. The largest absolute Gasteiger partial charge is 0.390 e. The van der Waals surface area contributed by atoms with Crippen molar-refractivity contribution in [2.45, 2.75) is 13.8 Å². The van der Waals surface area contributed by atoms with Gasteiger partial charge in [-0.1, -0.05) is 28.9 Å². The summed E-state index contributed by atoms with van der Waals surface area (Å²) in [5.41, 5.74) is 8.65. The van der Waals surface area contributed by atoms with E-state index in [2.05, 4.69) is 10.1 Å². The third-order valence-corrected chi connectivity index (χ3v) is 4.53. The highest BCUT2D eigenvalue weighted by atomic mass is 35.5. The summed E-state index contributed by atoms with van der Waals surface area (Å²) in [6.45, 7) is 4.02. The molecule has 20 heavy (non-hydrogen) atoms. The molecule has 2 N–H and O–H groups in total. The molecule has 2 heterocycles. The van der Waals surface area contributed by atoms with Gasteiger partial charge in [0.25, 0.3) is 5.89 Å². The topological polar surface area (TPSA) is 64.9 Å². The van der Waals surface area contributed by atoms with Gasteiger partial charge in [0.05, 0.1) is 15.6 Å². The maximum atomic E-state index is 6.14. The van der Waals surface area contributed by atoms with Crippen molar-refractivity contribution < 1.29 is 4.52 Å². The molecule has 3 rings (SSSR count). The van der Waals surface area contributed by atoms with E-state index in [-0.39, 0.29) is 0 Å². The molecule has 0 radical (unpaired) electrons. The summed E-state index contributed by atoms with van der Waals surface area (Å²) in [5.74, 6) is 0.896. The van der Waals surface area contributed by atoms with Crippen molar-refractivity contribution in [3.05, 3.63) is 39.7 Å². The number of nitrogens with two attached hydrogens (primary N) is 1. The molecule has 0 unspecified atom stereocenters. The number of nitrogens with zero attached hydrogens (tertiary/aromatic N) is 2. The minimum Gasteiger partial charge on any atom is -0.390 e. The first kappa shape index (κ1) is 13.1. The van der Waals surface area contributed by atoms with Crippen molar-refractivity contribution in [2.24, 2.45) is 0 Å². The average molecular weight is 306 g/mol. The zero-order valence-corrected chi connectivity index (χ0v) is 12.5. The summed E-state index contributed by atoms with van der Waals surface area (Å²) < 4.78 is 5.34. The highest BCUT2D eigenvalue weighted by molar-refractivity contribution is 7.16. The van der Waals surface area contributed by atoms with Crippen molar-refractivity contribution >= 4 is 27.9 Å². The SMILES string of the molecule is Cc1sc(N)c(-c2nc(-c3ccccc3Cl)no2)c1C. The summed E-state index contributed by atoms with van der Waals surface area (Å²) in [7, 11) is 0. The van der Waals surface area contributed by atoms with Gasteiger partial charge < -0.3 is 10.3 Å².